The van der Waals surface area contributed by atoms with Crippen LogP contribution in [0.3, 0.4) is 0 Å². The summed E-state index contributed by atoms with van der Waals surface area (Å²) in [6, 6.07) is 19.2. The second-order valence-electron chi connectivity index (χ2n) is 8.50. The van der Waals surface area contributed by atoms with Crippen molar-refractivity contribution in [1.29, 1.82) is 0 Å². The van der Waals surface area contributed by atoms with Crippen molar-refractivity contribution >= 4 is 58.2 Å². The Morgan fingerprint density at radius 1 is 0.833 bits per heavy atom. The Balaban J connectivity index is 2.00. The molecule has 0 aliphatic heterocycles. The summed E-state index contributed by atoms with van der Waals surface area (Å²) in [6.07, 6.45) is 2.09. The fraction of sp³-hybridized carbons (Fsp3) is 0.286. The molecule has 36 heavy (non-hydrogen) atoms. The van der Waals surface area contributed by atoms with Gasteiger partial charge >= 0.3 is 0 Å². The van der Waals surface area contributed by atoms with Gasteiger partial charge in [-0.1, -0.05) is 102 Å². The zero-order chi connectivity index (χ0) is 26.1. The largest absolute Gasteiger partial charge is 0.354 e. The lowest BCUT2D eigenvalue weighted by molar-refractivity contribution is -0.140. The molecule has 0 spiro atoms. The van der Waals surface area contributed by atoms with E-state index in [-0.39, 0.29) is 24.8 Å². The van der Waals surface area contributed by atoms with E-state index in [0.29, 0.717) is 38.6 Å². The molecular weight excluding hydrogens is 538 g/mol. The fourth-order valence-corrected chi connectivity index (χ4v) is 4.70. The van der Waals surface area contributed by atoms with Crippen LogP contribution in [0, 0.1) is 0 Å². The second-order valence-corrected chi connectivity index (χ2v) is 10.1. The molecule has 0 saturated heterocycles. The van der Waals surface area contributed by atoms with Gasteiger partial charge in [0.25, 0.3) is 0 Å². The van der Waals surface area contributed by atoms with Crippen LogP contribution in [0.2, 0.25) is 20.1 Å². The molecule has 4 nitrogen and oxygen atoms in total. The molecule has 0 bridgehead atoms. The van der Waals surface area contributed by atoms with E-state index < -0.39 is 6.04 Å². The van der Waals surface area contributed by atoms with Gasteiger partial charge in [0.2, 0.25) is 11.8 Å². The van der Waals surface area contributed by atoms with E-state index in [4.69, 9.17) is 46.4 Å². The number of nitrogens with zero attached hydrogens (tertiary/aromatic N) is 1. The van der Waals surface area contributed by atoms with Gasteiger partial charge in [0.15, 0.2) is 0 Å². The molecule has 8 heteroatoms. The first kappa shape index (κ1) is 28.3. The van der Waals surface area contributed by atoms with Crippen LogP contribution in [0.5, 0.6) is 0 Å². The van der Waals surface area contributed by atoms with Crippen molar-refractivity contribution in [3.05, 3.63) is 104 Å². The molecule has 3 rings (SSSR count). The Labute approximate surface area is 232 Å². The van der Waals surface area contributed by atoms with Crippen LogP contribution in [0.15, 0.2) is 66.7 Å². The third-order valence-electron chi connectivity index (χ3n) is 5.83. The number of benzene rings is 3. The van der Waals surface area contributed by atoms with Crippen molar-refractivity contribution in [3.8, 4) is 0 Å². The van der Waals surface area contributed by atoms with Crippen molar-refractivity contribution in [2.75, 3.05) is 6.54 Å². The first-order valence-electron chi connectivity index (χ1n) is 11.8. The van der Waals surface area contributed by atoms with Crippen LogP contribution in [0.4, 0.5) is 0 Å². The fourth-order valence-electron chi connectivity index (χ4n) is 3.85. The lowest BCUT2D eigenvalue weighted by Gasteiger charge is -2.32. The zero-order valence-corrected chi connectivity index (χ0v) is 23.0. The molecule has 0 heterocycles. The maximum Gasteiger partial charge on any atom is 0.243 e. The van der Waals surface area contributed by atoms with Crippen LogP contribution in [0.25, 0.3) is 0 Å². The minimum absolute atomic E-state index is 0.0483. The summed E-state index contributed by atoms with van der Waals surface area (Å²) in [7, 11) is 0. The van der Waals surface area contributed by atoms with E-state index in [1.807, 2.05) is 30.3 Å². The maximum atomic E-state index is 13.8. The Morgan fingerprint density at radius 2 is 1.53 bits per heavy atom. The number of halogens is 4. The molecule has 3 aromatic carbocycles. The highest BCUT2D eigenvalue weighted by Gasteiger charge is 2.31. The smallest absolute Gasteiger partial charge is 0.243 e. The number of hydrogen-bond donors (Lipinski definition) is 1. The van der Waals surface area contributed by atoms with Gasteiger partial charge in [0.1, 0.15) is 6.04 Å². The predicted molar refractivity (Wildman–Crippen MR) is 149 cm³/mol. The van der Waals surface area contributed by atoms with Gasteiger partial charge in [-0.25, -0.2) is 0 Å². The minimum Gasteiger partial charge on any atom is -0.354 e. The Hall–Kier alpha value is -2.24. The van der Waals surface area contributed by atoms with Gasteiger partial charge < -0.3 is 10.2 Å². The van der Waals surface area contributed by atoms with Crippen molar-refractivity contribution in [1.82, 2.24) is 10.2 Å². The van der Waals surface area contributed by atoms with E-state index in [2.05, 4.69) is 12.2 Å². The number of carbonyl (C=O) groups excluding carboxylic acids is 2. The third kappa shape index (κ3) is 7.88. The van der Waals surface area contributed by atoms with Crippen molar-refractivity contribution in [3.63, 3.8) is 0 Å². The summed E-state index contributed by atoms with van der Waals surface area (Å²) in [5.74, 6) is -0.492. The summed E-state index contributed by atoms with van der Waals surface area (Å²) >= 11 is 25.1. The molecule has 0 aromatic heterocycles. The van der Waals surface area contributed by atoms with Gasteiger partial charge in [-0.2, -0.15) is 0 Å². The van der Waals surface area contributed by atoms with Gasteiger partial charge in [0, 0.05) is 29.6 Å². The Kier molecular flexibility index (Phi) is 10.9. The highest BCUT2D eigenvalue weighted by Crippen LogP contribution is 2.27. The lowest BCUT2D eigenvalue weighted by Crippen LogP contribution is -2.51. The van der Waals surface area contributed by atoms with Crippen LogP contribution >= 0.6 is 46.4 Å². The SMILES string of the molecule is CCCCNC(=O)[C@@H](Cc1ccccc1)N(Cc1ccc(Cl)c(Cl)c1)C(=O)Cc1c(Cl)cccc1Cl. The van der Waals surface area contributed by atoms with Crippen molar-refractivity contribution < 1.29 is 9.59 Å². The Morgan fingerprint density at radius 3 is 2.17 bits per heavy atom. The quantitative estimate of drug-likeness (QED) is 0.246. The number of amides is 2. The Bertz CT molecular complexity index is 1170. The molecule has 0 radical (unpaired) electrons. The van der Waals surface area contributed by atoms with E-state index in [1.165, 1.54) is 0 Å². The van der Waals surface area contributed by atoms with Gasteiger partial charge in [0.05, 0.1) is 16.5 Å². The van der Waals surface area contributed by atoms with E-state index >= 15 is 0 Å². The standard InChI is InChI=1S/C28H28Cl4N2O2/c1-2-3-14-33-28(36)26(16-19-8-5-4-6-9-19)34(18-20-12-13-24(31)25(32)15-20)27(35)17-21-22(29)10-7-11-23(21)30/h4-13,15,26H,2-3,14,16-18H2,1H3,(H,33,36)/t26-/m1/s1. The highest BCUT2D eigenvalue weighted by molar-refractivity contribution is 6.42. The lowest BCUT2D eigenvalue weighted by atomic mass is 10.0. The number of unbranched alkanes of at least 4 members (excludes halogenated alkanes) is 1. The number of carbonyl (C=O) groups is 2. The molecular formula is C28H28Cl4N2O2. The van der Waals surface area contributed by atoms with Crippen LogP contribution < -0.4 is 5.32 Å². The van der Waals surface area contributed by atoms with Crippen LogP contribution in [-0.4, -0.2) is 29.3 Å². The minimum atomic E-state index is -0.757. The average molecular weight is 566 g/mol. The molecule has 1 atom stereocenters. The normalized spacial score (nSPS) is 11.7. The zero-order valence-electron chi connectivity index (χ0n) is 19.9. The predicted octanol–water partition coefficient (Wildman–Crippen LogP) is 7.40. The van der Waals surface area contributed by atoms with Gasteiger partial charge in [-0.3, -0.25) is 9.59 Å². The summed E-state index contributed by atoms with van der Waals surface area (Å²) in [4.78, 5) is 28.8. The molecule has 0 unspecified atom stereocenters. The molecule has 3 aromatic rings. The first-order chi connectivity index (χ1) is 17.3. The van der Waals surface area contributed by atoms with Crippen molar-refractivity contribution in [2.45, 2.75) is 45.2 Å². The molecule has 2 amide bonds. The van der Waals surface area contributed by atoms with E-state index in [0.717, 1.165) is 24.0 Å². The summed E-state index contributed by atoms with van der Waals surface area (Å²) in [5.41, 5.74) is 2.22. The molecule has 0 fully saturated rings. The highest BCUT2D eigenvalue weighted by atomic mass is 35.5. The molecule has 0 saturated carbocycles. The van der Waals surface area contributed by atoms with E-state index in [9.17, 15) is 9.59 Å². The topological polar surface area (TPSA) is 49.4 Å². The number of nitrogens with one attached hydrogen (secondary N) is 1. The first-order valence-corrected chi connectivity index (χ1v) is 13.3. The maximum absolute atomic E-state index is 13.8. The van der Waals surface area contributed by atoms with E-state index in [1.54, 1.807) is 41.3 Å². The molecule has 190 valence electrons. The monoisotopic (exact) mass is 564 g/mol. The second kappa shape index (κ2) is 13.9. The number of rotatable bonds is 11. The number of hydrogen-bond acceptors (Lipinski definition) is 2. The van der Waals surface area contributed by atoms with Gasteiger partial charge in [-0.05, 0) is 47.4 Å². The van der Waals surface area contributed by atoms with Gasteiger partial charge in [-0.15, -0.1) is 0 Å². The van der Waals surface area contributed by atoms with Crippen LogP contribution in [-0.2, 0) is 29.0 Å². The summed E-state index contributed by atoms with van der Waals surface area (Å²) < 4.78 is 0. The summed E-state index contributed by atoms with van der Waals surface area (Å²) in [6.45, 7) is 2.75. The molecule has 0 aliphatic carbocycles. The summed E-state index contributed by atoms with van der Waals surface area (Å²) in [5, 5.41) is 4.59. The molecule has 0 aliphatic rings. The van der Waals surface area contributed by atoms with Crippen LogP contribution in [0.1, 0.15) is 36.5 Å². The molecule has 1 N–H and O–H groups in total. The average Bonchev–Trinajstić information content (AvgIpc) is 2.86. The van der Waals surface area contributed by atoms with Crippen molar-refractivity contribution in [2.24, 2.45) is 0 Å². The third-order valence-corrected chi connectivity index (χ3v) is 7.27.